The van der Waals surface area contributed by atoms with Crippen LogP contribution in [0.5, 0.6) is 0 Å². The van der Waals surface area contributed by atoms with Crippen molar-refractivity contribution in [1.82, 2.24) is 20.7 Å². The van der Waals surface area contributed by atoms with Gasteiger partial charge >= 0.3 is 0 Å². The number of nitrogens with two attached hydrogens (primary N) is 1. The Labute approximate surface area is 255 Å². The van der Waals surface area contributed by atoms with Crippen molar-refractivity contribution in [3.63, 3.8) is 0 Å². The molecule has 228 valence electrons. The Morgan fingerprint density at radius 1 is 1.00 bits per heavy atom. The summed E-state index contributed by atoms with van der Waals surface area (Å²) in [4.78, 5) is 42.7. The van der Waals surface area contributed by atoms with Crippen molar-refractivity contribution < 1.29 is 14.4 Å². The Hall–Kier alpha value is -4.01. The van der Waals surface area contributed by atoms with Gasteiger partial charge in [-0.1, -0.05) is 78.9 Å². The predicted octanol–water partition coefficient (Wildman–Crippen LogP) is 4.00. The number of hydrazine groups is 1. The fraction of sp³-hybridized carbons (Fsp3) is 0.400. The van der Waals surface area contributed by atoms with Crippen LogP contribution in [-0.4, -0.2) is 66.4 Å². The number of likely N-dealkylation sites (tertiary alicyclic amines) is 1. The van der Waals surface area contributed by atoms with E-state index >= 15 is 0 Å². The molecule has 3 amide bonds. The highest BCUT2D eigenvalue weighted by molar-refractivity contribution is 5.94. The Morgan fingerprint density at radius 3 is 2.40 bits per heavy atom. The molecule has 4 rings (SSSR count). The largest absolute Gasteiger partial charge is 0.340 e. The average Bonchev–Trinajstić information content (AvgIpc) is 2.96. The summed E-state index contributed by atoms with van der Waals surface area (Å²) in [6, 6.07) is 23.3. The number of nitrogens with one attached hydrogen (secondary N) is 2. The maximum atomic E-state index is 14.2. The maximum absolute atomic E-state index is 14.2. The third-order valence-corrected chi connectivity index (χ3v) is 7.86. The highest BCUT2D eigenvalue weighted by Crippen LogP contribution is 2.35. The van der Waals surface area contributed by atoms with Crippen molar-refractivity contribution in [2.24, 2.45) is 11.1 Å². The van der Waals surface area contributed by atoms with Crippen molar-refractivity contribution in [3.8, 4) is 0 Å². The summed E-state index contributed by atoms with van der Waals surface area (Å²) in [7, 11) is 3.57. The van der Waals surface area contributed by atoms with Crippen LogP contribution in [0.2, 0.25) is 0 Å². The van der Waals surface area contributed by atoms with Gasteiger partial charge < -0.3 is 16.0 Å². The summed E-state index contributed by atoms with van der Waals surface area (Å²) in [5, 5.41) is 6.80. The van der Waals surface area contributed by atoms with Crippen molar-refractivity contribution in [3.05, 3.63) is 96.1 Å². The number of rotatable bonds is 11. The van der Waals surface area contributed by atoms with E-state index < -0.39 is 17.0 Å². The van der Waals surface area contributed by atoms with Gasteiger partial charge in [0, 0.05) is 39.1 Å². The fourth-order valence-corrected chi connectivity index (χ4v) is 5.75. The number of hydrogen-bond donors (Lipinski definition) is 3. The third-order valence-electron chi connectivity index (χ3n) is 7.86. The smallest absolute Gasteiger partial charge is 0.245 e. The first kappa shape index (κ1) is 31.9. The number of amides is 3. The van der Waals surface area contributed by atoms with E-state index in [2.05, 4.69) is 16.8 Å². The monoisotopic (exact) mass is 583 g/mol. The second-order valence-electron chi connectivity index (χ2n) is 12.7. The van der Waals surface area contributed by atoms with E-state index in [1.807, 2.05) is 80.6 Å². The lowest BCUT2D eigenvalue weighted by atomic mass is 9.74. The lowest BCUT2D eigenvalue weighted by Gasteiger charge is -2.43. The molecule has 8 nitrogen and oxygen atoms in total. The van der Waals surface area contributed by atoms with Gasteiger partial charge in [0.05, 0.1) is 5.41 Å². The lowest BCUT2D eigenvalue weighted by Crippen LogP contribution is -2.59. The van der Waals surface area contributed by atoms with Gasteiger partial charge in [0.2, 0.25) is 17.7 Å². The summed E-state index contributed by atoms with van der Waals surface area (Å²) < 4.78 is 0. The van der Waals surface area contributed by atoms with Crippen LogP contribution in [0.25, 0.3) is 10.8 Å². The molecule has 3 aromatic carbocycles. The van der Waals surface area contributed by atoms with Gasteiger partial charge in [-0.25, -0.2) is 5.01 Å². The number of carbonyl (C=O) groups is 3. The molecule has 3 aromatic rings. The molecule has 4 N–H and O–H groups in total. The van der Waals surface area contributed by atoms with Gasteiger partial charge in [-0.2, -0.15) is 0 Å². The van der Waals surface area contributed by atoms with E-state index in [1.165, 1.54) is 6.08 Å². The molecule has 1 aliphatic heterocycles. The fourth-order valence-electron chi connectivity index (χ4n) is 5.75. The molecule has 43 heavy (non-hydrogen) atoms. The SMILES string of the molecule is CN(C)NC(=O)C1(Cc2ccccc2)CCCN(C(=O)[C@@H](Cc2ccc3ccccc3c2)NC(=O)/C=C/CC(C)(C)N)C1. The zero-order valence-corrected chi connectivity index (χ0v) is 25.8. The minimum absolute atomic E-state index is 0.110. The second kappa shape index (κ2) is 14.0. The molecule has 1 heterocycles. The topological polar surface area (TPSA) is 108 Å². The van der Waals surface area contributed by atoms with Gasteiger partial charge in [-0.3, -0.25) is 19.8 Å². The number of hydrogen-bond acceptors (Lipinski definition) is 5. The Bertz CT molecular complexity index is 1450. The molecule has 0 bridgehead atoms. The van der Waals surface area contributed by atoms with Crippen LogP contribution in [0.15, 0.2) is 84.9 Å². The van der Waals surface area contributed by atoms with E-state index in [0.29, 0.717) is 38.6 Å². The molecule has 1 saturated heterocycles. The molecule has 0 aliphatic carbocycles. The van der Waals surface area contributed by atoms with Gasteiger partial charge in [0.15, 0.2) is 0 Å². The molecule has 0 radical (unpaired) electrons. The van der Waals surface area contributed by atoms with Crippen LogP contribution in [0.4, 0.5) is 0 Å². The average molecular weight is 584 g/mol. The standard InChI is InChI=1S/C35H45N5O3/c1-34(2,36)19-10-16-31(41)37-30(23-27-17-18-28-14-8-9-15-29(28)22-27)32(42)40-21-11-20-35(25-40,33(43)38-39(3)4)24-26-12-6-5-7-13-26/h5-10,12-18,22,30H,11,19-21,23-25,36H2,1-4H3,(H,37,41)(H,38,43)/b16-10+/t30-,35?/m1/s1. The van der Waals surface area contributed by atoms with E-state index in [1.54, 1.807) is 30.1 Å². The summed E-state index contributed by atoms with van der Waals surface area (Å²) >= 11 is 0. The minimum Gasteiger partial charge on any atom is -0.340 e. The van der Waals surface area contributed by atoms with E-state index in [-0.39, 0.29) is 24.3 Å². The molecule has 0 spiro atoms. The molecule has 1 unspecified atom stereocenters. The van der Waals surface area contributed by atoms with Crippen molar-refractivity contribution in [2.45, 2.75) is 57.5 Å². The van der Waals surface area contributed by atoms with Gasteiger partial charge in [0.25, 0.3) is 0 Å². The van der Waals surface area contributed by atoms with E-state index in [0.717, 1.165) is 21.9 Å². The summed E-state index contributed by atoms with van der Waals surface area (Å²) in [6.45, 7) is 4.57. The van der Waals surface area contributed by atoms with Gasteiger partial charge in [0.1, 0.15) is 6.04 Å². The van der Waals surface area contributed by atoms with Crippen LogP contribution >= 0.6 is 0 Å². The molecule has 1 fully saturated rings. The van der Waals surface area contributed by atoms with Crippen molar-refractivity contribution in [1.29, 1.82) is 0 Å². The second-order valence-corrected chi connectivity index (χ2v) is 12.7. The number of piperidine rings is 1. The first-order valence-corrected chi connectivity index (χ1v) is 15.0. The van der Waals surface area contributed by atoms with E-state index in [9.17, 15) is 14.4 Å². The van der Waals surface area contributed by atoms with Crippen molar-refractivity contribution >= 4 is 28.5 Å². The number of nitrogens with zero attached hydrogens (tertiary/aromatic N) is 2. The molecule has 0 saturated carbocycles. The highest BCUT2D eigenvalue weighted by Gasteiger charge is 2.44. The number of benzene rings is 3. The number of fused-ring (bicyclic) bond motifs is 1. The molecule has 2 atom stereocenters. The van der Waals surface area contributed by atoms with Gasteiger partial charge in [-0.15, -0.1) is 0 Å². The zero-order valence-electron chi connectivity index (χ0n) is 25.8. The van der Waals surface area contributed by atoms with E-state index in [4.69, 9.17) is 5.73 Å². The summed E-state index contributed by atoms with van der Waals surface area (Å²) in [5.41, 5.74) is 9.77. The molecular formula is C35H45N5O3. The number of carbonyl (C=O) groups excluding carboxylic acids is 3. The predicted molar refractivity (Wildman–Crippen MR) is 172 cm³/mol. The quantitative estimate of drug-likeness (QED) is 0.234. The molecule has 1 aliphatic rings. The maximum Gasteiger partial charge on any atom is 0.245 e. The van der Waals surface area contributed by atoms with Gasteiger partial charge in [-0.05, 0) is 67.5 Å². The van der Waals surface area contributed by atoms with Crippen LogP contribution in [0.3, 0.4) is 0 Å². The Balaban J connectivity index is 1.61. The Morgan fingerprint density at radius 2 is 1.70 bits per heavy atom. The summed E-state index contributed by atoms with van der Waals surface area (Å²) in [5.74, 6) is -0.647. The van der Waals surface area contributed by atoms with Crippen molar-refractivity contribution in [2.75, 3.05) is 27.2 Å². The summed E-state index contributed by atoms with van der Waals surface area (Å²) in [6.07, 6.45) is 5.90. The molecule has 8 heteroatoms. The zero-order chi connectivity index (χ0) is 31.0. The normalized spacial score (nSPS) is 18.1. The highest BCUT2D eigenvalue weighted by atomic mass is 16.2. The molecule has 0 aromatic heterocycles. The first-order valence-electron chi connectivity index (χ1n) is 15.0. The van der Waals surface area contributed by atoms with Crippen LogP contribution in [0, 0.1) is 5.41 Å². The third kappa shape index (κ3) is 8.99. The first-order chi connectivity index (χ1) is 20.4. The Kier molecular flexibility index (Phi) is 10.4. The van der Waals surface area contributed by atoms with Crippen LogP contribution < -0.4 is 16.5 Å². The minimum atomic E-state index is -0.802. The molecular weight excluding hydrogens is 538 g/mol. The van der Waals surface area contributed by atoms with Crippen LogP contribution in [-0.2, 0) is 27.2 Å². The van der Waals surface area contributed by atoms with Crippen LogP contribution in [0.1, 0.15) is 44.2 Å². The lowest BCUT2D eigenvalue weighted by molar-refractivity contribution is -0.146.